The number of aromatic nitrogens is 4. The molecule has 4 aromatic rings. The Morgan fingerprint density at radius 1 is 1.21 bits per heavy atom. The second kappa shape index (κ2) is 13.0. The molecule has 0 unspecified atom stereocenters. The van der Waals surface area contributed by atoms with E-state index in [0.717, 1.165) is 12.8 Å². The highest BCUT2D eigenvalue weighted by molar-refractivity contribution is 6.33. The number of aliphatic imine (C=N–C) groups is 1. The zero-order valence-corrected chi connectivity index (χ0v) is 23.8. The Morgan fingerprint density at radius 2 is 1.98 bits per heavy atom. The van der Waals surface area contributed by atoms with Crippen LogP contribution in [0.3, 0.4) is 0 Å². The van der Waals surface area contributed by atoms with Crippen molar-refractivity contribution in [1.82, 2.24) is 30.2 Å². The Balaban J connectivity index is 1.50. The number of amides is 2. The molecule has 1 aliphatic carbocycles. The molecule has 11 nitrogen and oxygen atoms in total. The van der Waals surface area contributed by atoms with Gasteiger partial charge >= 0.3 is 12.6 Å². The van der Waals surface area contributed by atoms with Crippen molar-refractivity contribution in [3.05, 3.63) is 83.3 Å². The number of benzene rings is 2. The van der Waals surface area contributed by atoms with E-state index in [2.05, 4.69) is 25.6 Å². The maximum atomic E-state index is 14.1. The normalized spacial score (nSPS) is 14.0. The van der Waals surface area contributed by atoms with Crippen LogP contribution in [-0.2, 0) is 4.74 Å². The fraction of sp³-hybridized carbons (Fsp3) is 0.276. The molecule has 2 heterocycles. The highest BCUT2D eigenvalue weighted by atomic mass is 35.5. The average Bonchev–Trinajstić information content (AvgIpc) is 3.42. The summed E-state index contributed by atoms with van der Waals surface area (Å²) in [5.41, 5.74) is 9.53. The van der Waals surface area contributed by atoms with E-state index in [4.69, 9.17) is 22.1 Å². The van der Waals surface area contributed by atoms with E-state index >= 15 is 0 Å². The van der Waals surface area contributed by atoms with Crippen LogP contribution in [0.4, 0.5) is 13.6 Å². The maximum Gasteiger partial charge on any atom is 0.407 e. The van der Waals surface area contributed by atoms with Gasteiger partial charge in [-0.25, -0.2) is 9.48 Å². The predicted molar refractivity (Wildman–Crippen MR) is 157 cm³/mol. The topological polar surface area (TPSA) is 144 Å². The van der Waals surface area contributed by atoms with E-state index in [-0.39, 0.29) is 24.2 Å². The van der Waals surface area contributed by atoms with E-state index in [1.54, 1.807) is 61.7 Å². The van der Waals surface area contributed by atoms with Gasteiger partial charge in [0, 0.05) is 46.7 Å². The lowest BCUT2D eigenvalue weighted by Crippen LogP contribution is -2.46. The van der Waals surface area contributed by atoms with Gasteiger partial charge in [0.15, 0.2) is 5.96 Å². The van der Waals surface area contributed by atoms with Crippen LogP contribution in [0.1, 0.15) is 48.3 Å². The van der Waals surface area contributed by atoms with E-state index in [1.807, 2.05) is 0 Å². The zero-order valence-electron chi connectivity index (χ0n) is 23.1. The summed E-state index contributed by atoms with van der Waals surface area (Å²) in [7, 11) is 0. The van der Waals surface area contributed by atoms with Crippen LogP contribution < -0.4 is 11.1 Å². The van der Waals surface area contributed by atoms with Crippen LogP contribution in [0.25, 0.3) is 22.4 Å². The van der Waals surface area contributed by atoms with Crippen LogP contribution in [-0.4, -0.2) is 62.0 Å². The summed E-state index contributed by atoms with van der Waals surface area (Å²) in [6, 6.07) is 12.5. The molecule has 4 N–H and O–H groups in total. The van der Waals surface area contributed by atoms with Gasteiger partial charge in [0.2, 0.25) is 0 Å². The standard InChI is InChI=1S/C29H29ClF2N8O3/c1-2-34-28(33)40(26(41)18-5-3-17(4-6-18)20-14-36-39(15-20)27(31)32)25(16-43-29(42)37-21-8-9-21)19-7-10-23(30)22(13-19)24-11-12-35-38-24/h3-7,10-15,21,25,27H,2,8-9,16H2,1H3,(H2,33,34)(H,35,38)(H,37,42)/t25-/m1/s1. The van der Waals surface area contributed by atoms with Crippen molar-refractivity contribution in [3.8, 4) is 22.4 Å². The van der Waals surface area contributed by atoms with Gasteiger partial charge in [0.05, 0.1) is 17.9 Å². The lowest BCUT2D eigenvalue weighted by Gasteiger charge is -2.31. The number of carbonyl (C=O) groups excluding carboxylic acids is 2. The lowest BCUT2D eigenvalue weighted by atomic mass is 10.00. The first-order valence-corrected chi connectivity index (χ1v) is 13.9. The number of hydrogen-bond donors (Lipinski definition) is 3. The van der Waals surface area contributed by atoms with Gasteiger partial charge in [-0.3, -0.25) is 19.8 Å². The zero-order chi connectivity index (χ0) is 30.5. The van der Waals surface area contributed by atoms with E-state index in [0.29, 0.717) is 44.2 Å². The molecular formula is C29H29ClF2N8O3. The second-order valence-electron chi connectivity index (χ2n) is 9.81. The van der Waals surface area contributed by atoms with Crippen LogP contribution in [0.15, 0.2) is 72.1 Å². The quantitative estimate of drug-likeness (QED) is 0.162. The molecule has 43 heavy (non-hydrogen) atoms. The molecule has 0 saturated heterocycles. The van der Waals surface area contributed by atoms with Gasteiger partial charge in [0.25, 0.3) is 5.91 Å². The number of alkyl halides is 2. The number of guanidine groups is 1. The first-order chi connectivity index (χ1) is 20.7. The molecule has 0 bridgehead atoms. The third-order valence-corrected chi connectivity index (χ3v) is 7.13. The largest absolute Gasteiger partial charge is 0.447 e. The molecule has 0 radical (unpaired) electrons. The molecule has 2 aromatic heterocycles. The summed E-state index contributed by atoms with van der Waals surface area (Å²) < 4.78 is 32.1. The number of halogens is 3. The van der Waals surface area contributed by atoms with E-state index < -0.39 is 24.6 Å². The first kappa shape index (κ1) is 29.7. The number of alkyl carbamates (subject to hydrolysis) is 1. The van der Waals surface area contributed by atoms with Crippen molar-refractivity contribution < 1.29 is 23.1 Å². The maximum absolute atomic E-state index is 14.1. The summed E-state index contributed by atoms with van der Waals surface area (Å²) in [5.74, 6) is -0.595. The first-order valence-electron chi connectivity index (χ1n) is 13.5. The number of hydrogen-bond acceptors (Lipinski definition) is 6. The molecule has 1 aliphatic rings. The second-order valence-corrected chi connectivity index (χ2v) is 10.2. The molecule has 2 aromatic carbocycles. The molecule has 1 atom stereocenters. The molecule has 2 amide bonds. The Hall–Kier alpha value is -4.78. The van der Waals surface area contributed by atoms with Gasteiger partial charge in [0.1, 0.15) is 6.61 Å². The molecule has 1 fully saturated rings. The van der Waals surface area contributed by atoms with Crippen LogP contribution in [0, 0.1) is 0 Å². The fourth-order valence-electron chi connectivity index (χ4n) is 4.45. The van der Waals surface area contributed by atoms with Gasteiger partial charge in [-0.05, 0) is 61.2 Å². The molecule has 14 heteroatoms. The van der Waals surface area contributed by atoms with E-state index in [9.17, 15) is 18.4 Å². The Kier molecular flexibility index (Phi) is 9.00. The van der Waals surface area contributed by atoms with Gasteiger partial charge < -0.3 is 15.8 Å². The van der Waals surface area contributed by atoms with Gasteiger partial charge in [-0.2, -0.15) is 19.0 Å². The summed E-state index contributed by atoms with van der Waals surface area (Å²) in [5, 5.41) is 13.8. The average molecular weight is 611 g/mol. The minimum Gasteiger partial charge on any atom is -0.447 e. The lowest BCUT2D eigenvalue weighted by molar-refractivity contribution is 0.0566. The highest BCUT2D eigenvalue weighted by Gasteiger charge is 2.32. The predicted octanol–water partition coefficient (Wildman–Crippen LogP) is 5.40. The number of H-pyrrole nitrogens is 1. The van der Waals surface area contributed by atoms with Crippen LogP contribution in [0.5, 0.6) is 0 Å². The monoisotopic (exact) mass is 610 g/mol. The number of rotatable bonds is 10. The number of nitrogens with two attached hydrogens (primary N) is 1. The molecular weight excluding hydrogens is 582 g/mol. The van der Waals surface area contributed by atoms with Crippen molar-refractivity contribution in [2.75, 3.05) is 13.2 Å². The molecule has 5 rings (SSSR count). The smallest absolute Gasteiger partial charge is 0.407 e. The summed E-state index contributed by atoms with van der Waals surface area (Å²) >= 11 is 6.50. The molecule has 224 valence electrons. The summed E-state index contributed by atoms with van der Waals surface area (Å²) in [6.45, 7) is -0.939. The number of ether oxygens (including phenoxy) is 1. The molecule has 0 spiro atoms. The minimum atomic E-state index is -2.77. The minimum absolute atomic E-state index is 0.0734. The Bertz CT molecular complexity index is 1600. The molecule has 1 saturated carbocycles. The third-order valence-electron chi connectivity index (χ3n) is 6.80. The van der Waals surface area contributed by atoms with Crippen molar-refractivity contribution in [2.45, 2.75) is 38.4 Å². The highest BCUT2D eigenvalue weighted by Crippen LogP contribution is 2.33. The van der Waals surface area contributed by atoms with Crippen molar-refractivity contribution in [2.24, 2.45) is 10.7 Å². The van der Waals surface area contributed by atoms with Crippen LogP contribution in [0.2, 0.25) is 5.02 Å². The SMILES string of the molecule is CCN=C(N)N(C(=O)c1ccc(-c2cnn(C(F)F)c2)cc1)[C@H](COC(=O)NC1CC1)c1ccc(Cl)c(-c2ccn[nH]2)c1. The van der Waals surface area contributed by atoms with Gasteiger partial charge in [-0.1, -0.05) is 29.8 Å². The summed E-state index contributed by atoms with van der Waals surface area (Å²) in [4.78, 5) is 32.2. The Labute approximate surface area is 250 Å². The Morgan fingerprint density at radius 3 is 2.60 bits per heavy atom. The van der Waals surface area contributed by atoms with Crippen molar-refractivity contribution >= 4 is 29.6 Å². The van der Waals surface area contributed by atoms with Crippen molar-refractivity contribution in [1.29, 1.82) is 0 Å². The summed E-state index contributed by atoms with van der Waals surface area (Å²) in [6.07, 6.45) is 5.27. The third kappa shape index (κ3) is 7.00. The number of nitrogens with one attached hydrogen (secondary N) is 2. The van der Waals surface area contributed by atoms with Gasteiger partial charge in [-0.15, -0.1) is 0 Å². The number of nitrogens with zero attached hydrogens (tertiary/aromatic N) is 5. The number of carbonyl (C=O) groups is 2. The fourth-order valence-corrected chi connectivity index (χ4v) is 4.67. The number of aromatic amines is 1. The van der Waals surface area contributed by atoms with Crippen LogP contribution >= 0.6 is 11.6 Å². The van der Waals surface area contributed by atoms with Crippen molar-refractivity contribution in [3.63, 3.8) is 0 Å². The molecule has 0 aliphatic heterocycles. The van der Waals surface area contributed by atoms with E-state index in [1.165, 1.54) is 17.3 Å².